The molecule has 3 heterocycles. The van der Waals surface area contributed by atoms with Gasteiger partial charge in [0.1, 0.15) is 0 Å². The zero-order chi connectivity index (χ0) is 17.1. The predicted octanol–water partition coefficient (Wildman–Crippen LogP) is 3.65. The molecule has 0 radical (unpaired) electrons. The summed E-state index contributed by atoms with van der Waals surface area (Å²) in [6, 6.07) is 3.77. The van der Waals surface area contributed by atoms with E-state index >= 15 is 0 Å². The summed E-state index contributed by atoms with van der Waals surface area (Å²) in [5, 5.41) is 10.9. The Morgan fingerprint density at radius 2 is 2.00 bits per heavy atom. The van der Waals surface area contributed by atoms with Crippen molar-refractivity contribution in [2.75, 3.05) is 0 Å². The maximum absolute atomic E-state index is 13.2. The molecule has 0 unspecified atom stereocenters. The second-order valence-corrected chi connectivity index (χ2v) is 5.50. The van der Waals surface area contributed by atoms with Gasteiger partial charge in [-0.05, 0) is 30.7 Å². The molecule has 1 aromatic carbocycles. The van der Waals surface area contributed by atoms with Crippen LogP contribution in [-0.2, 0) is 6.18 Å². The molecule has 0 amide bonds. The Morgan fingerprint density at radius 3 is 2.67 bits per heavy atom. The fourth-order valence-corrected chi connectivity index (χ4v) is 2.72. The molecular weight excluding hydrogens is 345 g/mol. The van der Waals surface area contributed by atoms with E-state index in [2.05, 4.69) is 25.3 Å². The summed E-state index contributed by atoms with van der Waals surface area (Å²) in [5.41, 5.74) is 0.440. The van der Waals surface area contributed by atoms with Gasteiger partial charge in [0.25, 0.3) is 0 Å². The first-order valence-electron chi connectivity index (χ1n) is 6.79. The van der Waals surface area contributed by atoms with Gasteiger partial charge in [-0.3, -0.25) is 5.10 Å². The molecule has 122 valence electrons. The standard InChI is InChI=1S/C14H8ClF3N6/c1-6-8(5-19-22-6)11-21-12-7-3-2-4-9(14(16,17)18)10(7)20-13(15)24(12)23-11/h2-5H,1H3,(H,19,22). The maximum atomic E-state index is 13.2. The zero-order valence-electron chi connectivity index (χ0n) is 12.1. The first-order valence-corrected chi connectivity index (χ1v) is 7.16. The summed E-state index contributed by atoms with van der Waals surface area (Å²) in [6.07, 6.45) is -3.01. The lowest BCUT2D eigenvalue weighted by atomic mass is 10.1. The third-order valence-corrected chi connectivity index (χ3v) is 3.88. The first kappa shape index (κ1) is 14.9. The second-order valence-electron chi connectivity index (χ2n) is 5.16. The Balaban J connectivity index is 2.08. The second kappa shape index (κ2) is 4.91. The number of halogens is 4. The van der Waals surface area contributed by atoms with Crippen molar-refractivity contribution in [2.24, 2.45) is 0 Å². The van der Waals surface area contributed by atoms with Gasteiger partial charge in [0, 0.05) is 11.1 Å². The normalized spacial score (nSPS) is 12.4. The van der Waals surface area contributed by atoms with Gasteiger partial charge in [-0.2, -0.15) is 22.8 Å². The van der Waals surface area contributed by atoms with E-state index in [1.54, 1.807) is 6.92 Å². The van der Waals surface area contributed by atoms with Crippen molar-refractivity contribution in [3.8, 4) is 11.4 Å². The topological polar surface area (TPSA) is 71.8 Å². The molecular formula is C14H8ClF3N6. The summed E-state index contributed by atoms with van der Waals surface area (Å²) in [7, 11) is 0. The Morgan fingerprint density at radius 1 is 1.21 bits per heavy atom. The highest BCUT2D eigenvalue weighted by Gasteiger charge is 2.34. The first-order chi connectivity index (χ1) is 11.4. The summed E-state index contributed by atoms with van der Waals surface area (Å²) in [5.74, 6) is 0.301. The lowest BCUT2D eigenvalue weighted by Gasteiger charge is -2.10. The van der Waals surface area contributed by atoms with Crippen LogP contribution in [0.25, 0.3) is 27.9 Å². The molecule has 0 fully saturated rings. The SMILES string of the molecule is Cc1[nH]ncc1-c1nc2c3cccc(C(F)(F)F)c3nc(Cl)n2n1. The lowest BCUT2D eigenvalue weighted by molar-refractivity contribution is -0.136. The van der Waals surface area contributed by atoms with Crippen LogP contribution in [0, 0.1) is 6.92 Å². The number of aromatic nitrogens is 6. The number of aryl methyl sites for hydroxylation is 1. The van der Waals surface area contributed by atoms with E-state index < -0.39 is 11.7 Å². The van der Waals surface area contributed by atoms with Gasteiger partial charge in [-0.1, -0.05) is 6.07 Å². The van der Waals surface area contributed by atoms with Crippen LogP contribution in [-0.4, -0.2) is 29.8 Å². The van der Waals surface area contributed by atoms with Crippen molar-refractivity contribution in [2.45, 2.75) is 13.1 Å². The summed E-state index contributed by atoms with van der Waals surface area (Å²) in [6.45, 7) is 1.79. The Kier molecular flexibility index (Phi) is 3.04. The molecule has 24 heavy (non-hydrogen) atoms. The Bertz CT molecular complexity index is 1080. The summed E-state index contributed by atoms with van der Waals surface area (Å²) in [4.78, 5) is 8.20. The molecule has 1 N–H and O–H groups in total. The van der Waals surface area contributed by atoms with E-state index in [1.165, 1.54) is 22.8 Å². The molecule has 0 aliphatic carbocycles. The Hall–Kier alpha value is -2.68. The van der Waals surface area contributed by atoms with E-state index in [0.29, 0.717) is 11.4 Å². The molecule has 0 aliphatic rings. The average molecular weight is 353 g/mol. The van der Waals surface area contributed by atoms with Crippen LogP contribution in [0.15, 0.2) is 24.4 Å². The minimum atomic E-state index is -4.54. The molecule has 10 heteroatoms. The number of H-pyrrole nitrogens is 1. The molecule has 0 saturated carbocycles. The Labute approximate surface area is 137 Å². The number of nitrogens with one attached hydrogen (secondary N) is 1. The number of hydrogen-bond donors (Lipinski definition) is 1. The van der Waals surface area contributed by atoms with E-state index in [1.807, 2.05) is 0 Å². The molecule has 0 aliphatic heterocycles. The van der Waals surface area contributed by atoms with Crippen LogP contribution < -0.4 is 0 Å². The maximum Gasteiger partial charge on any atom is 0.418 e. The van der Waals surface area contributed by atoms with E-state index in [9.17, 15) is 13.2 Å². The summed E-state index contributed by atoms with van der Waals surface area (Å²) >= 11 is 6.03. The fourth-order valence-electron chi connectivity index (χ4n) is 2.52. The molecule has 0 atom stereocenters. The zero-order valence-corrected chi connectivity index (χ0v) is 12.8. The number of nitrogens with zero attached hydrogens (tertiary/aromatic N) is 5. The van der Waals surface area contributed by atoms with Crippen molar-refractivity contribution in [3.63, 3.8) is 0 Å². The van der Waals surface area contributed by atoms with Crippen LogP contribution >= 0.6 is 11.6 Å². The summed E-state index contributed by atoms with van der Waals surface area (Å²) < 4.78 is 40.8. The highest BCUT2D eigenvalue weighted by molar-refractivity contribution is 6.29. The van der Waals surface area contributed by atoms with Gasteiger partial charge in [-0.15, -0.1) is 5.10 Å². The third kappa shape index (κ3) is 2.12. The number of fused-ring (bicyclic) bond motifs is 3. The van der Waals surface area contributed by atoms with Crippen molar-refractivity contribution in [1.82, 2.24) is 29.8 Å². The number of aromatic amines is 1. The molecule has 6 nitrogen and oxygen atoms in total. The molecule has 0 saturated heterocycles. The number of alkyl halides is 3. The van der Waals surface area contributed by atoms with Gasteiger partial charge in [-0.25, -0.2) is 9.97 Å². The number of para-hydroxylation sites is 1. The molecule has 0 spiro atoms. The minimum Gasteiger partial charge on any atom is -0.282 e. The number of rotatable bonds is 1. The van der Waals surface area contributed by atoms with E-state index in [4.69, 9.17) is 11.6 Å². The largest absolute Gasteiger partial charge is 0.418 e. The van der Waals surface area contributed by atoms with E-state index in [0.717, 1.165) is 11.8 Å². The van der Waals surface area contributed by atoms with Crippen molar-refractivity contribution >= 4 is 28.2 Å². The van der Waals surface area contributed by atoms with E-state index in [-0.39, 0.29) is 21.8 Å². The lowest BCUT2D eigenvalue weighted by Crippen LogP contribution is -2.07. The molecule has 4 aromatic rings. The van der Waals surface area contributed by atoms with Crippen molar-refractivity contribution < 1.29 is 13.2 Å². The molecule has 4 rings (SSSR count). The molecule has 0 bridgehead atoms. The highest BCUT2D eigenvalue weighted by atomic mass is 35.5. The monoisotopic (exact) mass is 352 g/mol. The van der Waals surface area contributed by atoms with Crippen molar-refractivity contribution in [1.29, 1.82) is 0 Å². The fraction of sp³-hybridized carbons (Fsp3) is 0.143. The third-order valence-electron chi connectivity index (χ3n) is 3.64. The van der Waals surface area contributed by atoms with Crippen LogP contribution in [0.2, 0.25) is 5.28 Å². The van der Waals surface area contributed by atoms with Crippen LogP contribution in [0.4, 0.5) is 13.2 Å². The quantitative estimate of drug-likeness (QED) is 0.531. The van der Waals surface area contributed by atoms with Gasteiger partial charge in [0.15, 0.2) is 11.5 Å². The van der Waals surface area contributed by atoms with Gasteiger partial charge >= 0.3 is 6.18 Å². The molecule has 3 aromatic heterocycles. The van der Waals surface area contributed by atoms with Crippen LogP contribution in [0.5, 0.6) is 0 Å². The highest BCUT2D eigenvalue weighted by Crippen LogP contribution is 2.35. The van der Waals surface area contributed by atoms with Crippen LogP contribution in [0.1, 0.15) is 11.3 Å². The number of benzene rings is 1. The minimum absolute atomic E-state index is 0.200. The number of hydrogen-bond acceptors (Lipinski definition) is 4. The van der Waals surface area contributed by atoms with Crippen molar-refractivity contribution in [3.05, 3.63) is 40.9 Å². The van der Waals surface area contributed by atoms with Gasteiger partial charge < -0.3 is 0 Å². The predicted molar refractivity (Wildman–Crippen MR) is 80.6 cm³/mol. The van der Waals surface area contributed by atoms with Gasteiger partial charge in [0.2, 0.25) is 5.28 Å². The van der Waals surface area contributed by atoms with Gasteiger partial charge in [0.05, 0.1) is 22.8 Å². The van der Waals surface area contributed by atoms with Crippen LogP contribution in [0.3, 0.4) is 0 Å². The average Bonchev–Trinajstić information content (AvgIpc) is 3.12. The smallest absolute Gasteiger partial charge is 0.282 e.